The van der Waals surface area contributed by atoms with Crippen molar-refractivity contribution in [2.75, 3.05) is 11.5 Å². The van der Waals surface area contributed by atoms with Gasteiger partial charge in [0.15, 0.2) is 0 Å². The second-order valence-electron chi connectivity index (χ2n) is 8.01. The number of anilines is 3. The van der Waals surface area contributed by atoms with Crippen molar-refractivity contribution >= 4 is 17.1 Å². The lowest BCUT2D eigenvalue weighted by Gasteiger charge is -2.25. The Morgan fingerprint density at radius 3 is 1.59 bits per heavy atom. The van der Waals surface area contributed by atoms with Gasteiger partial charge in [-0.05, 0) is 86.1 Å². The van der Waals surface area contributed by atoms with E-state index in [-0.39, 0.29) is 6.61 Å². The van der Waals surface area contributed by atoms with Gasteiger partial charge in [0.2, 0.25) is 0 Å². The van der Waals surface area contributed by atoms with Crippen LogP contribution in [0.3, 0.4) is 0 Å². The minimum atomic E-state index is 0.177. The first-order valence-electron chi connectivity index (χ1n) is 11.5. The van der Waals surface area contributed by atoms with E-state index in [0.29, 0.717) is 12.8 Å². The normalized spacial score (nSPS) is 9.94. The van der Waals surface area contributed by atoms with E-state index in [2.05, 4.69) is 108 Å². The molecule has 2 heteroatoms. The van der Waals surface area contributed by atoms with Crippen molar-refractivity contribution in [3.05, 3.63) is 125 Å². The molecule has 0 unspecified atom stereocenters. The molecule has 4 aromatic rings. The van der Waals surface area contributed by atoms with Crippen molar-refractivity contribution in [2.45, 2.75) is 19.8 Å². The van der Waals surface area contributed by atoms with E-state index in [1.165, 1.54) is 5.56 Å². The van der Waals surface area contributed by atoms with Crippen LogP contribution in [0, 0.1) is 30.6 Å². The molecule has 4 rings (SSSR count). The third-order valence-electron chi connectivity index (χ3n) is 5.36. The largest absolute Gasteiger partial charge is 0.396 e. The summed E-state index contributed by atoms with van der Waals surface area (Å²) in [5.41, 5.74) is 7.40. The molecule has 0 heterocycles. The Balaban J connectivity index is 1.59. The zero-order valence-corrected chi connectivity index (χ0v) is 19.3. The maximum Gasteiger partial charge on any atom is 0.0462 e. The molecule has 0 bridgehead atoms. The molecule has 0 amide bonds. The zero-order valence-electron chi connectivity index (χ0n) is 19.3. The van der Waals surface area contributed by atoms with Crippen LogP contribution in [0.2, 0.25) is 0 Å². The van der Waals surface area contributed by atoms with Crippen molar-refractivity contribution < 1.29 is 5.11 Å². The van der Waals surface area contributed by atoms with Gasteiger partial charge >= 0.3 is 0 Å². The molecule has 0 aliphatic heterocycles. The number of aryl methyl sites for hydroxylation is 1. The molecule has 4 aromatic carbocycles. The third kappa shape index (κ3) is 6.17. The van der Waals surface area contributed by atoms with Crippen LogP contribution in [0.1, 0.15) is 35.1 Å². The van der Waals surface area contributed by atoms with Gasteiger partial charge in [0.05, 0.1) is 0 Å². The number of hydrogen-bond acceptors (Lipinski definition) is 2. The van der Waals surface area contributed by atoms with E-state index in [0.717, 1.165) is 33.8 Å². The number of rotatable bonds is 5. The van der Waals surface area contributed by atoms with Crippen LogP contribution in [0.15, 0.2) is 103 Å². The smallest absolute Gasteiger partial charge is 0.0462 e. The summed E-state index contributed by atoms with van der Waals surface area (Å²) in [6, 6.07) is 35.2. The predicted octanol–water partition coefficient (Wildman–Crippen LogP) is 6.99. The van der Waals surface area contributed by atoms with Crippen molar-refractivity contribution in [3.63, 3.8) is 0 Å². The average molecular weight is 442 g/mol. The Labute approximate surface area is 202 Å². The maximum atomic E-state index is 8.91. The minimum absolute atomic E-state index is 0.177. The highest BCUT2D eigenvalue weighted by molar-refractivity contribution is 5.77. The first-order valence-corrected chi connectivity index (χ1v) is 11.5. The van der Waals surface area contributed by atoms with Crippen LogP contribution in [0.25, 0.3) is 0 Å². The van der Waals surface area contributed by atoms with Gasteiger partial charge in [-0.2, -0.15) is 0 Å². The fraction of sp³-hybridized carbons (Fsp3) is 0.125. The lowest BCUT2D eigenvalue weighted by atomic mass is 10.1. The second kappa shape index (κ2) is 11.6. The van der Waals surface area contributed by atoms with E-state index >= 15 is 0 Å². The number of aliphatic hydroxyl groups is 1. The Bertz CT molecular complexity index is 1310. The quantitative estimate of drug-likeness (QED) is 0.266. The minimum Gasteiger partial charge on any atom is -0.396 e. The molecule has 2 nitrogen and oxygen atoms in total. The highest BCUT2D eigenvalue weighted by Crippen LogP contribution is 2.34. The topological polar surface area (TPSA) is 23.5 Å². The van der Waals surface area contributed by atoms with Crippen LogP contribution in [0.4, 0.5) is 17.1 Å². The summed E-state index contributed by atoms with van der Waals surface area (Å²) in [7, 11) is 0. The number of benzene rings is 4. The van der Waals surface area contributed by atoms with Gasteiger partial charge in [-0.1, -0.05) is 59.6 Å². The van der Waals surface area contributed by atoms with Gasteiger partial charge in [0.25, 0.3) is 0 Å². The summed E-state index contributed by atoms with van der Waals surface area (Å²) in [5, 5.41) is 8.91. The van der Waals surface area contributed by atoms with Crippen LogP contribution in [0.5, 0.6) is 0 Å². The van der Waals surface area contributed by atoms with E-state index in [9.17, 15) is 0 Å². The molecule has 0 saturated carbocycles. The summed E-state index contributed by atoms with van der Waals surface area (Å²) in [5.74, 6) is 12.8. The monoisotopic (exact) mass is 441 g/mol. The standard InChI is InChI=1S/C32H27NO/c1-26-11-13-28(14-12-26)15-16-29-19-23-32(24-20-29)33(30-9-5-2-6-10-30)31-21-17-27(18-22-31)8-4-3-7-25-34/h2,5-6,9-14,17-24,34H,3,7,25H2,1H3. The first-order chi connectivity index (χ1) is 16.7. The molecule has 0 spiro atoms. The molecule has 0 aliphatic rings. The number of hydrogen-bond donors (Lipinski definition) is 1. The molecule has 0 atom stereocenters. The van der Waals surface area contributed by atoms with Gasteiger partial charge < -0.3 is 10.0 Å². The van der Waals surface area contributed by atoms with Gasteiger partial charge in [-0.15, -0.1) is 0 Å². The van der Waals surface area contributed by atoms with Gasteiger partial charge in [-0.25, -0.2) is 0 Å². The van der Waals surface area contributed by atoms with E-state index in [1.54, 1.807) is 0 Å². The third-order valence-corrected chi connectivity index (χ3v) is 5.36. The Morgan fingerprint density at radius 2 is 1.06 bits per heavy atom. The summed E-state index contributed by atoms with van der Waals surface area (Å²) >= 11 is 0. The molecule has 0 fully saturated rings. The fourth-order valence-electron chi connectivity index (χ4n) is 3.53. The lowest BCUT2D eigenvalue weighted by molar-refractivity contribution is 0.290. The summed E-state index contributed by atoms with van der Waals surface area (Å²) in [6.45, 7) is 2.25. The fourth-order valence-corrected chi connectivity index (χ4v) is 3.53. The molecule has 1 N–H and O–H groups in total. The predicted molar refractivity (Wildman–Crippen MR) is 141 cm³/mol. The highest BCUT2D eigenvalue weighted by Gasteiger charge is 2.11. The number of nitrogens with zero attached hydrogens (tertiary/aromatic N) is 1. The number of unbranched alkanes of at least 4 members (excludes halogenated alkanes) is 1. The number of para-hydroxylation sites is 1. The van der Waals surface area contributed by atoms with Gasteiger partial charge in [0, 0.05) is 46.8 Å². The molecule has 0 saturated heterocycles. The molecule has 34 heavy (non-hydrogen) atoms. The zero-order chi connectivity index (χ0) is 23.6. The van der Waals surface area contributed by atoms with Gasteiger partial charge in [0.1, 0.15) is 0 Å². The summed E-state index contributed by atoms with van der Waals surface area (Å²) < 4.78 is 0. The molecular weight excluding hydrogens is 414 g/mol. The van der Waals surface area contributed by atoms with E-state index < -0.39 is 0 Å². The van der Waals surface area contributed by atoms with Crippen molar-refractivity contribution in [2.24, 2.45) is 0 Å². The van der Waals surface area contributed by atoms with Crippen molar-refractivity contribution in [1.82, 2.24) is 0 Å². The first kappa shape index (κ1) is 22.9. The van der Waals surface area contributed by atoms with Crippen molar-refractivity contribution in [3.8, 4) is 23.7 Å². The molecule has 0 aliphatic carbocycles. The van der Waals surface area contributed by atoms with Crippen LogP contribution in [-0.4, -0.2) is 11.7 Å². The lowest BCUT2D eigenvalue weighted by Crippen LogP contribution is -2.09. The van der Waals surface area contributed by atoms with Crippen LogP contribution in [-0.2, 0) is 0 Å². The molecule has 166 valence electrons. The SMILES string of the molecule is Cc1ccc(C#Cc2ccc(N(c3ccccc3)c3ccc(C#CCCCO)cc3)cc2)cc1. The highest BCUT2D eigenvalue weighted by atomic mass is 16.2. The van der Waals surface area contributed by atoms with Gasteiger partial charge in [-0.3, -0.25) is 0 Å². The average Bonchev–Trinajstić information content (AvgIpc) is 2.89. The Morgan fingerprint density at radius 1 is 0.588 bits per heavy atom. The van der Waals surface area contributed by atoms with Crippen LogP contribution >= 0.6 is 0 Å². The Kier molecular flexibility index (Phi) is 7.81. The Hall–Kier alpha value is -4.24. The number of aliphatic hydroxyl groups excluding tert-OH is 1. The van der Waals surface area contributed by atoms with Crippen LogP contribution < -0.4 is 4.90 Å². The summed E-state index contributed by atoms with van der Waals surface area (Å²) in [4.78, 5) is 2.22. The summed E-state index contributed by atoms with van der Waals surface area (Å²) in [6.07, 6.45) is 1.41. The molecule has 0 aromatic heterocycles. The van der Waals surface area contributed by atoms with Crippen molar-refractivity contribution in [1.29, 1.82) is 0 Å². The molecule has 0 radical (unpaired) electrons. The maximum absolute atomic E-state index is 8.91. The van der Waals surface area contributed by atoms with E-state index in [1.807, 2.05) is 30.3 Å². The molecular formula is C32H27NO. The van der Waals surface area contributed by atoms with E-state index in [4.69, 9.17) is 5.11 Å². The second-order valence-corrected chi connectivity index (χ2v) is 8.01.